The molecule has 0 heterocycles. The maximum atomic E-state index is 9.40. The summed E-state index contributed by atoms with van der Waals surface area (Å²) in [6.07, 6.45) is 7.91. The first-order chi connectivity index (χ1) is 5.45. The molecular weight excluding hydrogens is 150 g/mol. The smallest absolute Gasteiger partial charge is 0.0591 e. The third-order valence-electron chi connectivity index (χ3n) is 1.76. The largest absolute Gasteiger partial charge is 0.390 e. The highest BCUT2D eigenvalue weighted by atomic mass is 16.3. The Hall–Kier alpha value is -0.680. The van der Waals surface area contributed by atoms with Crippen LogP contribution in [0.1, 0.15) is 40.0 Å². The van der Waals surface area contributed by atoms with Crippen LogP contribution in [-0.2, 0) is 0 Å². The van der Waals surface area contributed by atoms with E-state index in [-0.39, 0.29) is 0 Å². The Kier molecular flexibility index (Phi) is 4.77. The van der Waals surface area contributed by atoms with Crippen molar-refractivity contribution in [2.24, 2.45) is 0 Å². The Balaban J connectivity index is 3.38. The molecule has 2 N–H and O–H groups in total. The second-order valence-corrected chi connectivity index (χ2v) is 3.89. The lowest BCUT2D eigenvalue weighted by Crippen LogP contribution is -2.23. The van der Waals surface area contributed by atoms with Crippen LogP contribution in [0.2, 0.25) is 0 Å². The van der Waals surface area contributed by atoms with E-state index >= 15 is 0 Å². The Morgan fingerprint density at radius 3 is 2.58 bits per heavy atom. The van der Waals surface area contributed by atoms with E-state index in [4.69, 9.17) is 6.42 Å². The number of rotatable bonds is 5. The monoisotopic (exact) mass is 169 g/mol. The molecule has 2 heteroatoms. The number of hydrogen-bond acceptors (Lipinski definition) is 2. The molecule has 0 unspecified atom stereocenters. The zero-order valence-electron chi connectivity index (χ0n) is 8.22. The van der Waals surface area contributed by atoms with Gasteiger partial charge in [-0.05, 0) is 40.0 Å². The zero-order valence-corrected chi connectivity index (χ0v) is 8.22. The molecule has 0 aliphatic heterocycles. The van der Waals surface area contributed by atoms with Gasteiger partial charge in [0.25, 0.3) is 0 Å². The first kappa shape index (κ1) is 11.3. The summed E-state index contributed by atoms with van der Waals surface area (Å²) >= 11 is 0. The predicted molar refractivity (Wildman–Crippen MR) is 51.6 cm³/mol. The van der Waals surface area contributed by atoms with E-state index in [9.17, 15) is 5.11 Å². The lowest BCUT2D eigenvalue weighted by Gasteiger charge is -2.17. The number of nitrogens with one attached hydrogen (secondary N) is 1. The van der Waals surface area contributed by atoms with E-state index in [1.54, 1.807) is 0 Å². The van der Waals surface area contributed by atoms with Gasteiger partial charge in [-0.1, -0.05) is 6.42 Å². The fourth-order valence-electron chi connectivity index (χ4n) is 1.06. The molecule has 0 aromatic rings. The molecular formula is C10H19NO. The summed E-state index contributed by atoms with van der Waals surface area (Å²) in [5.41, 5.74) is -0.546. The van der Waals surface area contributed by atoms with Crippen molar-refractivity contribution in [3.05, 3.63) is 0 Å². The lowest BCUT2D eigenvalue weighted by atomic mass is 10.00. The van der Waals surface area contributed by atoms with Gasteiger partial charge in [-0.25, -0.2) is 0 Å². The van der Waals surface area contributed by atoms with Gasteiger partial charge in [-0.3, -0.25) is 0 Å². The van der Waals surface area contributed by atoms with E-state index in [0.29, 0.717) is 6.04 Å². The summed E-state index contributed by atoms with van der Waals surface area (Å²) in [6.45, 7) is 5.70. The molecule has 70 valence electrons. The van der Waals surface area contributed by atoms with Crippen LogP contribution in [-0.4, -0.2) is 16.7 Å². The highest BCUT2D eigenvalue weighted by molar-refractivity contribution is 4.83. The molecule has 0 fully saturated rings. The van der Waals surface area contributed by atoms with Crippen LogP contribution in [0.4, 0.5) is 0 Å². The normalized spacial score (nSPS) is 13.6. The van der Waals surface area contributed by atoms with Crippen LogP contribution in [0.3, 0.4) is 0 Å². The quantitative estimate of drug-likeness (QED) is 0.483. The molecule has 0 aromatic carbocycles. The molecule has 0 spiro atoms. The molecule has 2 nitrogen and oxygen atoms in total. The van der Waals surface area contributed by atoms with Gasteiger partial charge >= 0.3 is 0 Å². The summed E-state index contributed by atoms with van der Waals surface area (Å²) in [4.78, 5) is 0. The average Bonchev–Trinajstić information content (AvgIpc) is 1.84. The molecule has 1 atom stereocenters. The highest BCUT2D eigenvalue weighted by Gasteiger charge is 2.12. The van der Waals surface area contributed by atoms with E-state index in [1.807, 2.05) is 20.8 Å². The summed E-state index contributed by atoms with van der Waals surface area (Å²) < 4.78 is 0. The summed E-state index contributed by atoms with van der Waals surface area (Å²) in [6, 6.07) is 2.75. The minimum Gasteiger partial charge on any atom is -0.390 e. The molecule has 0 rings (SSSR count). The minimum absolute atomic E-state index is 0.345. The number of aliphatic hydroxyl groups is 1. The number of terminal acetylenes is 1. The van der Waals surface area contributed by atoms with Crippen molar-refractivity contribution in [3.8, 4) is 12.5 Å². The maximum absolute atomic E-state index is 9.40. The standard InChI is InChI=1S/C10H19NO/c1-5-11-9(2)7-6-8-10(3,4)12/h1,9,11-12H,6-8H2,2-4H3/t9-/m1/s1. The third-order valence-corrected chi connectivity index (χ3v) is 1.76. The second kappa shape index (κ2) is 5.05. The summed E-state index contributed by atoms with van der Waals surface area (Å²) in [7, 11) is 0. The molecule has 0 bridgehead atoms. The SMILES string of the molecule is C#CN[C@H](C)CCCC(C)(C)O. The molecule has 0 saturated heterocycles. The second-order valence-electron chi connectivity index (χ2n) is 3.89. The van der Waals surface area contributed by atoms with Gasteiger partial charge in [0.15, 0.2) is 0 Å². The van der Waals surface area contributed by atoms with Crippen molar-refractivity contribution in [1.82, 2.24) is 5.32 Å². The highest BCUT2D eigenvalue weighted by Crippen LogP contribution is 2.12. The number of hydrogen-bond donors (Lipinski definition) is 2. The zero-order chi connectivity index (χ0) is 9.61. The van der Waals surface area contributed by atoms with Crippen molar-refractivity contribution in [3.63, 3.8) is 0 Å². The van der Waals surface area contributed by atoms with Crippen molar-refractivity contribution >= 4 is 0 Å². The van der Waals surface area contributed by atoms with Crippen molar-refractivity contribution in [1.29, 1.82) is 0 Å². The van der Waals surface area contributed by atoms with Crippen LogP contribution in [0.5, 0.6) is 0 Å². The van der Waals surface area contributed by atoms with E-state index < -0.39 is 5.60 Å². The predicted octanol–water partition coefficient (Wildman–Crippen LogP) is 1.50. The summed E-state index contributed by atoms with van der Waals surface area (Å²) in [5, 5.41) is 12.3. The molecule has 0 saturated carbocycles. The van der Waals surface area contributed by atoms with Crippen molar-refractivity contribution < 1.29 is 5.11 Å². The van der Waals surface area contributed by atoms with Crippen LogP contribution in [0.15, 0.2) is 0 Å². The van der Waals surface area contributed by atoms with Gasteiger partial charge in [-0.15, -0.1) is 0 Å². The Morgan fingerprint density at radius 2 is 2.17 bits per heavy atom. The fraction of sp³-hybridized carbons (Fsp3) is 0.800. The summed E-state index contributed by atoms with van der Waals surface area (Å²) in [5.74, 6) is 0. The molecule has 0 aliphatic rings. The Bertz CT molecular complexity index is 152. The van der Waals surface area contributed by atoms with Gasteiger partial charge in [0.05, 0.1) is 5.60 Å². The van der Waals surface area contributed by atoms with Crippen LogP contribution < -0.4 is 5.32 Å². The topological polar surface area (TPSA) is 32.3 Å². The van der Waals surface area contributed by atoms with E-state index in [2.05, 4.69) is 11.4 Å². The fourth-order valence-corrected chi connectivity index (χ4v) is 1.06. The molecule has 0 radical (unpaired) electrons. The van der Waals surface area contributed by atoms with Crippen molar-refractivity contribution in [2.75, 3.05) is 0 Å². The molecule has 0 amide bonds. The van der Waals surface area contributed by atoms with Crippen molar-refractivity contribution in [2.45, 2.75) is 51.7 Å². The van der Waals surface area contributed by atoms with Gasteiger partial charge in [0, 0.05) is 12.1 Å². The Morgan fingerprint density at radius 1 is 1.58 bits per heavy atom. The maximum Gasteiger partial charge on any atom is 0.0591 e. The molecule has 0 aliphatic carbocycles. The molecule has 12 heavy (non-hydrogen) atoms. The van der Waals surface area contributed by atoms with Gasteiger partial charge in [0.1, 0.15) is 0 Å². The van der Waals surface area contributed by atoms with Crippen LogP contribution in [0, 0.1) is 12.5 Å². The van der Waals surface area contributed by atoms with E-state index in [1.165, 1.54) is 0 Å². The van der Waals surface area contributed by atoms with Gasteiger partial charge in [0.2, 0.25) is 0 Å². The van der Waals surface area contributed by atoms with Gasteiger partial charge in [-0.2, -0.15) is 0 Å². The first-order valence-electron chi connectivity index (χ1n) is 4.39. The third kappa shape index (κ3) is 7.43. The average molecular weight is 169 g/mol. The van der Waals surface area contributed by atoms with Gasteiger partial charge < -0.3 is 10.4 Å². The Labute approximate surface area is 75.4 Å². The lowest BCUT2D eigenvalue weighted by molar-refractivity contribution is 0.0676. The molecule has 0 aromatic heterocycles. The van der Waals surface area contributed by atoms with Crippen LogP contribution >= 0.6 is 0 Å². The van der Waals surface area contributed by atoms with E-state index in [0.717, 1.165) is 19.3 Å². The van der Waals surface area contributed by atoms with Crippen LogP contribution in [0.25, 0.3) is 0 Å². The first-order valence-corrected chi connectivity index (χ1v) is 4.39. The minimum atomic E-state index is -0.546.